The van der Waals surface area contributed by atoms with Crippen LogP contribution in [-0.4, -0.2) is 133 Å². The number of rotatable bonds is 33. The van der Waals surface area contributed by atoms with E-state index in [1.165, 1.54) is 0 Å². The van der Waals surface area contributed by atoms with Gasteiger partial charge in [0.05, 0.1) is 92.5 Å². The van der Waals surface area contributed by atoms with Gasteiger partial charge in [-0.1, -0.05) is 26.7 Å². The van der Waals surface area contributed by atoms with Crippen LogP contribution in [0.4, 0.5) is 5.69 Å². The van der Waals surface area contributed by atoms with Crippen LogP contribution in [0, 0.1) is 0 Å². The normalized spacial score (nSPS) is 11.3. The molecule has 0 radical (unpaired) electrons. The first-order chi connectivity index (χ1) is 21.2. The third kappa shape index (κ3) is 24.3. The molecule has 11 nitrogen and oxygen atoms in total. The Labute approximate surface area is 260 Å². The van der Waals surface area contributed by atoms with Crippen molar-refractivity contribution in [2.75, 3.05) is 138 Å². The zero-order valence-electron chi connectivity index (χ0n) is 27.3. The van der Waals surface area contributed by atoms with E-state index in [0.29, 0.717) is 117 Å². The summed E-state index contributed by atoms with van der Waals surface area (Å²) in [5, 5.41) is 0. The monoisotopic (exact) mass is 617 g/mol. The van der Waals surface area contributed by atoms with Gasteiger partial charge in [-0.15, -0.1) is 0 Å². The number of unbranched alkanes of at least 4 members (excludes halogenated alkanes) is 2. The summed E-state index contributed by atoms with van der Waals surface area (Å²) in [5.74, 6) is 1.33. The third-order valence-electron chi connectivity index (χ3n) is 5.93. The molecule has 0 saturated carbocycles. The highest BCUT2D eigenvalue weighted by atomic mass is 16.6. The fraction of sp³-hybridized carbons (Fsp3) is 0.812. The van der Waals surface area contributed by atoms with E-state index in [0.717, 1.165) is 44.6 Å². The maximum atomic E-state index is 5.98. The summed E-state index contributed by atoms with van der Waals surface area (Å²) in [5.41, 5.74) is 1.02. The second kappa shape index (κ2) is 30.3. The molecule has 0 aliphatic carbocycles. The Balaban J connectivity index is 2.08. The number of hydrogen-bond acceptors (Lipinski definition) is 11. The maximum Gasteiger partial charge on any atom is 0.163 e. The Morgan fingerprint density at radius 3 is 1.09 bits per heavy atom. The van der Waals surface area contributed by atoms with Crippen LogP contribution in [0.1, 0.15) is 39.5 Å². The van der Waals surface area contributed by atoms with Crippen LogP contribution in [0.5, 0.6) is 11.5 Å². The predicted octanol–water partition coefficient (Wildman–Crippen LogP) is 4.24. The summed E-state index contributed by atoms with van der Waals surface area (Å²) in [6, 6.07) is 5.87. The Hall–Kier alpha value is -1.70. The largest absolute Gasteiger partial charge is 0.487 e. The summed E-state index contributed by atoms with van der Waals surface area (Å²) < 4.78 is 56.1. The first-order valence-corrected chi connectivity index (χ1v) is 15.9. The molecule has 252 valence electrons. The van der Waals surface area contributed by atoms with Crippen LogP contribution in [0.25, 0.3) is 0 Å². The first-order valence-electron chi connectivity index (χ1n) is 15.9. The minimum atomic E-state index is 0.401. The Kier molecular flexibility index (Phi) is 27.7. The van der Waals surface area contributed by atoms with Crippen molar-refractivity contribution in [3.8, 4) is 11.5 Å². The molecule has 0 saturated heterocycles. The number of benzene rings is 1. The van der Waals surface area contributed by atoms with Crippen molar-refractivity contribution < 1.29 is 47.4 Å². The summed E-state index contributed by atoms with van der Waals surface area (Å²) >= 11 is 0. The van der Waals surface area contributed by atoms with Gasteiger partial charge in [0.15, 0.2) is 11.5 Å². The van der Waals surface area contributed by atoms with Gasteiger partial charge in [0, 0.05) is 39.1 Å². The van der Waals surface area contributed by atoms with Crippen molar-refractivity contribution in [3.63, 3.8) is 0 Å². The molecule has 0 heterocycles. The fourth-order valence-corrected chi connectivity index (χ4v) is 3.44. The standard InChI is InChI=1S/C32H59NO10/c1-5-7-11-34-13-15-36-17-19-38-21-23-40-25-27-42-31-10-9-30(33(3)4)29-32(31)43-28-26-41-24-22-39-20-18-37-16-14-35-12-8-6-2/h9-10,29H,5-8,11-28H2,1-4H3. The fourth-order valence-electron chi connectivity index (χ4n) is 3.44. The highest BCUT2D eigenvalue weighted by Gasteiger charge is 2.09. The van der Waals surface area contributed by atoms with Crippen molar-refractivity contribution in [2.45, 2.75) is 39.5 Å². The van der Waals surface area contributed by atoms with Gasteiger partial charge in [-0.2, -0.15) is 0 Å². The lowest BCUT2D eigenvalue weighted by atomic mass is 10.2. The smallest absolute Gasteiger partial charge is 0.163 e. The van der Waals surface area contributed by atoms with Crippen molar-refractivity contribution in [2.24, 2.45) is 0 Å². The molecule has 0 N–H and O–H groups in total. The van der Waals surface area contributed by atoms with Crippen molar-refractivity contribution in [1.82, 2.24) is 0 Å². The van der Waals surface area contributed by atoms with Gasteiger partial charge in [-0.05, 0) is 25.0 Å². The van der Waals surface area contributed by atoms with Gasteiger partial charge in [0.25, 0.3) is 0 Å². The SMILES string of the molecule is CCCCOCCOCCOCCOCCOc1ccc(N(C)C)cc1OCCOCCOCCOCCOCCCC. The number of nitrogens with zero attached hydrogens (tertiary/aromatic N) is 1. The first kappa shape index (κ1) is 39.3. The molecule has 0 bridgehead atoms. The predicted molar refractivity (Wildman–Crippen MR) is 168 cm³/mol. The van der Waals surface area contributed by atoms with Gasteiger partial charge in [0.2, 0.25) is 0 Å². The summed E-state index contributed by atoms with van der Waals surface area (Å²) in [6.07, 6.45) is 4.46. The minimum absolute atomic E-state index is 0.401. The van der Waals surface area contributed by atoms with E-state index in [1.807, 2.05) is 37.2 Å². The summed E-state index contributed by atoms with van der Waals surface area (Å²) in [4.78, 5) is 2.02. The molecule has 0 aliphatic heterocycles. The molecule has 0 fully saturated rings. The van der Waals surface area contributed by atoms with E-state index in [1.54, 1.807) is 0 Å². The Bertz CT molecular complexity index is 725. The van der Waals surface area contributed by atoms with Gasteiger partial charge >= 0.3 is 0 Å². The molecule has 0 unspecified atom stereocenters. The van der Waals surface area contributed by atoms with Gasteiger partial charge < -0.3 is 52.3 Å². The van der Waals surface area contributed by atoms with Crippen LogP contribution in [0.3, 0.4) is 0 Å². The van der Waals surface area contributed by atoms with E-state index >= 15 is 0 Å². The molecule has 0 amide bonds. The maximum absolute atomic E-state index is 5.98. The van der Waals surface area contributed by atoms with E-state index in [2.05, 4.69) is 13.8 Å². The topological polar surface area (TPSA) is 95.5 Å². The van der Waals surface area contributed by atoms with Gasteiger partial charge in [-0.25, -0.2) is 0 Å². The highest BCUT2D eigenvalue weighted by Crippen LogP contribution is 2.31. The summed E-state index contributed by atoms with van der Waals surface area (Å²) in [6.45, 7) is 14.2. The van der Waals surface area contributed by atoms with Gasteiger partial charge in [-0.3, -0.25) is 0 Å². The van der Waals surface area contributed by atoms with Gasteiger partial charge in [0.1, 0.15) is 13.2 Å². The molecule has 0 aliphatic rings. The molecule has 0 atom stereocenters. The minimum Gasteiger partial charge on any atom is -0.487 e. The molecule has 0 spiro atoms. The van der Waals surface area contributed by atoms with Crippen LogP contribution in [-0.2, 0) is 37.9 Å². The quantitative estimate of drug-likeness (QED) is 0.106. The van der Waals surface area contributed by atoms with E-state index < -0.39 is 0 Å². The Morgan fingerprint density at radius 2 is 0.744 bits per heavy atom. The van der Waals surface area contributed by atoms with E-state index in [9.17, 15) is 0 Å². The molecule has 0 aromatic heterocycles. The molecule has 1 rings (SSSR count). The number of hydrogen-bond donors (Lipinski definition) is 0. The van der Waals surface area contributed by atoms with Crippen molar-refractivity contribution >= 4 is 5.69 Å². The number of anilines is 1. The van der Waals surface area contributed by atoms with Crippen LogP contribution >= 0.6 is 0 Å². The average Bonchev–Trinajstić information content (AvgIpc) is 3.01. The molecular formula is C32H59NO10. The second-order valence-electron chi connectivity index (χ2n) is 9.83. The lowest BCUT2D eigenvalue weighted by Gasteiger charge is -2.18. The van der Waals surface area contributed by atoms with Crippen molar-refractivity contribution in [1.29, 1.82) is 0 Å². The van der Waals surface area contributed by atoms with Crippen molar-refractivity contribution in [3.05, 3.63) is 18.2 Å². The van der Waals surface area contributed by atoms with E-state index in [-0.39, 0.29) is 0 Å². The second-order valence-corrected chi connectivity index (χ2v) is 9.83. The zero-order valence-corrected chi connectivity index (χ0v) is 27.3. The molecule has 43 heavy (non-hydrogen) atoms. The molecular weight excluding hydrogens is 558 g/mol. The zero-order chi connectivity index (χ0) is 31.1. The van der Waals surface area contributed by atoms with Crippen LogP contribution < -0.4 is 14.4 Å². The lowest BCUT2D eigenvalue weighted by Crippen LogP contribution is -2.15. The molecule has 11 heteroatoms. The average molecular weight is 618 g/mol. The highest BCUT2D eigenvalue weighted by molar-refractivity contribution is 5.55. The molecule has 1 aromatic carbocycles. The summed E-state index contributed by atoms with van der Waals surface area (Å²) in [7, 11) is 3.97. The number of ether oxygens (including phenoxy) is 10. The lowest BCUT2D eigenvalue weighted by molar-refractivity contribution is -0.00560. The molecule has 1 aromatic rings. The van der Waals surface area contributed by atoms with Crippen LogP contribution in [0.2, 0.25) is 0 Å². The van der Waals surface area contributed by atoms with E-state index in [4.69, 9.17) is 47.4 Å². The third-order valence-corrected chi connectivity index (χ3v) is 5.93. The Morgan fingerprint density at radius 1 is 0.419 bits per heavy atom. The van der Waals surface area contributed by atoms with Crippen LogP contribution in [0.15, 0.2) is 18.2 Å².